The monoisotopic (exact) mass is 526 g/mol. The van der Waals surface area contributed by atoms with Gasteiger partial charge in [0, 0.05) is 17.1 Å². The second kappa shape index (κ2) is 11.2. The molecule has 0 aromatic heterocycles. The van der Waals surface area contributed by atoms with E-state index in [1.54, 1.807) is 11.8 Å². The number of aryl methyl sites for hydroxylation is 1. The number of rotatable bonds is 7. The van der Waals surface area contributed by atoms with Gasteiger partial charge in [-0.15, -0.1) is 11.8 Å². The summed E-state index contributed by atoms with van der Waals surface area (Å²) >= 11 is 7.62. The Morgan fingerprint density at radius 1 is 0.946 bits per heavy atom. The van der Waals surface area contributed by atoms with Gasteiger partial charge in [-0.2, -0.15) is 0 Å². The van der Waals surface area contributed by atoms with Crippen molar-refractivity contribution in [3.63, 3.8) is 0 Å². The second-order valence-corrected chi connectivity index (χ2v) is 10.6. The number of nitrogens with one attached hydrogen (secondary N) is 1. The molecule has 1 aliphatic heterocycles. The third kappa shape index (κ3) is 5.74. The Bertz CT molecular complexity index is 1390. The first kappa shape index (κ1) is 25.1. The molecule has 0 saturated carbocycles. The number of hydrogen-bond donors (Lipinski definition) is 1. The van der Waals surface area contributed by atoms with Gasteiger partial charge in [-0.05, 0) is 59.0 Å². The highest BCUT2D eigenvalue weighted by Crippen LogP contribution is 2.39. The van der Waals surface area contributed by atoms with Crippen LogP contribution in [0, 0.1) is 6.92 Å². The van der Waals surface area contributed by atoms with Crippen molar-refractivity contribution in [2.24, 2.45) is 0 Å². The molecule has 0 aliphatic carbocycles. The largest absolute Gasteiger partial charge is 0.341 e. The smallest absolute Gasteiger partial charge is 0.252 e. The summed E-state index contributed by atoms with van der Waals surface area (Å²) < 4.78 is 0. The van der Waals surface area contributed by atoms with Gasteiger partial charge in [-0.1, -0.05) is 90.5 Å². The summed E-state index contributed by atoms with van der Waals surface area (Å²) in [6.07, 6.45) is 0. The fourth-order valence-electron chi connectivity index (χ4n) is 4.60. The van der Waals surface area contributed by atoms with Gasteiger partial charge in [0.25, 0.3) is 5.91 Å². The first-order valence-electron chi connectivity index (χ1n) is 12.2. The Kier molecular flexibility index (Phi) is 7.63. The third-order valence-corrected chi connectivity index (χ3v) is 8.11. The number of hydrogen-bond acceptors (Lipinski definition) is 3. The van der Waals surface area contributed by atoms with E-state index in [-0.39, 0.29) is 23.2 Å². The molecule has 5 rings (SSSR count). The van der Waals surface area contributed by atoms with Crippen LogP contribution in [-0.2, 0) is 11.3 Å². The highest BCUT2D eigenvalue weighted by Gasteiger charge is 2.33. The molecule has 4 nitrogen and oxygen atoms in total. The van der Waals surface area contributed by atoms with Crippen LogP contribution in [0.25, 0.3) is 0 Å². The number of thioether (sulfide) groups is 1. The van der Waals surface area contributed by atoms with Gasteiger partial charge in [0.2, 0.25) is 5.91 Å². The highest BCUT2D eigenvalue weighted by molar-refractivity contribution is 8.00. The van der Waals surface area contributed by atoms with Crippen LogP contribution in [0.2, 0.25) is 5.02 Å². The summed E-state index contributed by atoms with van der Waals surface area (Å²) in [7, 11) is 0. The normalized spacial score (nSPS) is 16.0. The van der Waals surface area contributed by atoms with E-state index in [0.29, 0.717) is 22.9 Å². The van der Waals surface area contributed by atoms with Crippen LogP contribution in [0.5, 0.6) is 0 Å². The molecule has 1 heterocycles. The van der Waals surface area contributed by atoms with E-state index < -0.39 is 0 Å². The third-order valence-electron chi connectivity index (χ3n) is 6.60. The van der Waals surface area contributed by atoms with Crippen molar-refractivity contribution >= 4 is 35.2 Å². The van der Waals surface area contributed by atoms with Gasteiger partial charge < -0.3 is 10.2 Å². The van der Waals surface area contributed by atoms with E-state index in [0.717, 1.165) is 27.8 Å². The Morgan fingerprint density at radius 2 is 1.62 bits per heavy atom. The second-order valence-electron chi connectivity index (χ2n) is 9.11. The van der Waals surface area contributed by atoms with E-state index in [2.05, 4.69) is 24.4 Å². The molecule has 0 spiro atoms. The molecular formula is C31H27ClN2O2S. The summed E-state index contributed by atoms with van der Waals surface area (Å²) in [6.45, 7) is 2.58. The average Bonchev–Trinajstić information content (AvgIpc) is 3.29. The first-order valence-corrected chi connectivity index (χ1v) is 13.6. The van der Waals surface area contributed by atoms with Crippen molar-refractivity contribution in [3.05, 3.63) is 142 Å². The van der Waals surface area contributed by atoms with Crippen LogP contribution in [0.3, 0.4) is 0 Å². The number of halogens is 1. The molecule has 1 saturated heterocycles. The van der Waals surface area contributed by atoms with Gasteiger partial charge >= 0.3 is 0 Å². The molecule has 6 heteroatoms. The van der Waals surface area contributed by atoms with Crippen LogP contribution < -0.4 is 5.32 Å². The summed E-state index contributed by atoms with van der Waals surface area (Å²) in [5, 5.41) is 3.81. The zero-order valence-corrected chi connectivity index (χ0v) is 22.0. The van der Waals surface area contributed by atoms with Crippen LogP contribution in [0.4, 0.5) is 0 Å². The van der Waals surface area contributed by atoms with Crippen LogP contribution in [-0.4, -0.2) is 22.5 Å². The topological polar surface area (TPSA) is 49.4 Å². The number of carbonyl (C=O) groups is 2. The van der Waals surface area contributed by atoms with Gasteiger partial charge in [0.1, 0.15) is 5.37 Å². The molecule has 2 amide bonds. The summed E-state index contributed by atoms with van der Waals surface area (Å²) in [5.74, 6) is 0.405. The van der Waals surface area contributed by atoms with Gasteiger partial charge in [0.15, 0.2) is 0 Å². The molecule has 0 unspecified atom stereocenters. The number of nitrogens with zero attached hydrogens (tertiary/aromatic N) is 1. The molecule has 1 aliphatic rings. The average molecular weight is 527 g/mol. The minimum atomic E-state index is -0.257. The molecule has 1 fully saturated rings. The molecular weight excluding hydrogens is 500 g/mol. The lowest BCUT2D eigenvalue weighted by atomic mass is 9.94. The molecule has 186 valence electrons. The van der Waals surface area contributed by atoms with E-state index in [1.807, 2.05) is 95.9 Å². The van der Waals surface area contributed by atoms with Crippen molar-refractivity contribution in [3.8, 4) is 0 Å². The lowest BCUT2D eigenvalue weighted by Crippen LogP contribution is -2.30. The SMILES string of the molecule is Cc1ccccc1[C@H](NC(=O)c1ccc([C@H]2SCC(=O)N2Cc2ccc(Cl)cc2)cc1)c1ccccc1. The summed E-state index contributed by atoms with van der Waals surface area (Å²) in [4.78, 5) is 27.9. The zero-order chi connectivity index (χ0) is 25.8. The van der Waals surface area contributed by atoms with Crippen molar-refractivity contribution in [2.75, 3.05) is 5.75 Å². The first-order chi connectivity index (χ1) is 18.0. The molecule has 2 atom stereocenters. The van der Waals surface area contributed by atoms with E-state index in [9.17, 15) is 9.59 Å². The summed E-state index contributed by atoms with van der Waals surface area (Å²) in [6, 6.07) is 33.0. The highest BCUT2D eigenvalue weighted by atomic mass is 35.5. The molecule has 0 bridgehead atoms. The Morgan fingerprint density at radius 3 is 2.32 bits per heavy atom. The fraction of sp³-hybridized carbons (Fsp3) is 0.161. The van der Waals surface area contributed by atoms with Crippen molar-refractivity contribution in [2.45, 2.75) is 24.9 Å². The maximum Gasteiger partial charge on any atom is 0.252 e. The Labute approximate surface area is 226 Å². The molecule has 4 aromatic rings. The van der Waals surface area contributed by atoms with E-state index in [1.165, 1.54) is 0 Å². The lowest BCUT2D eigenvalue weighted by Gasteiger charge is -2.25. The lowest BCUT2D eigenvalue weighted by molar-refractivity contribution is -0.128. The molecule has 4 aromatic carbocycles. The quantitative estimate of drug-likeness (QED) is 0.284. The maximum atomic E-state index is 13.3. The maximum absolute atomic E-state index is 13.3. The van der Waals surface area contributed by atoms with Crippen LogP contribution in [0.15, 0.2) is 103 Å². The fourth-order valence-corrected chi connectivity index (χ4v) is 5.91. The molecule has 0 radical (unpaired) electrons. The number of benzene rings is 4. The molecule has 1 N–H and O–H groups in total. The van der Waals surface area contributed by atoms with Crippen LogP contribution >= 0.6 is 23.4 Å². The Balaban J connectivity index is 1.34. The minimum Gasteiger partial charge on any atom is -0.341 e. The van der Waals surface area contributed by atoms with E-state index >= 15 is 0 Å². The zero-order valence-electron chi connectivity index (χ0n) is 20.4. The van der Waals surface area contributed by atoms with Gasteiger partial charge in [0.05, 0.1) is 11.8 Å². The Hall–Kier alpha value is -3.54. The predicted octanol–water partition coefficient (Wildman–Crippen LogP) is 6.94. The van der Waals surface area contributed by atoms with E-state index in [4.69, 9.17) is 11.6 Å². The number of amides is 2. The standard InChI is InChI=1S/C31H27ClN2O2S/c1-21-7-5-6-10-27(21)29(23-8-3-2-4-9-23)33-30(36)24-13-15-25(16-14-24)31-34(28(35)20-37-31)19-22-11-17-26(32)18-12-22/h2-18,29,31H,19-20H2,1H3,(H,33,36)/t29-,31-/m1/s1. The van der Waals surface area contributed by atoms with Gasteiger partial charge in [-0.3, -0.25) is 9.59 Å². The minimum absolute atomic E-state index is 0.0932. The van der Waals surface area contributed by atoms with Crippen molar-refractivity contribution in [1.82, 2.24) is 10.2 Å². The van der Waals surface area contributed by atoms with Crippen LogP contribution in [0.1, 0.15) is 49.6 Å². The van der Waals surface area contributed by atoms with Gasteiger partial charge in [-0.25, -0.2) is 0 Å². The van der Waals surface area contributed by atoms with Crippen molar-refractivity contribution in [1.29, 1.82) is 0 Å². The predicted molar refractivity (Wildman–Crippen MR) is 151 cm³/mol. The van der Waals surface area contributed by atoms with Crippen molar-refractivity contribution < 1.29 is 9.59 Å². The summed E-state index contributed by atoms with van der Waals surface area (Å²) in [5.41, 5.74) is 5.83. The number of carbonyl (C=O) groups excluding carboxylic acids is 2. The molecule has 37 heavy (non-hydrogen) atoms.